The molecule has 0 saturated heterocycles. The fraction of sp³-hybridized carbons (Fsp3) is 0.467. The number of nitrogens with one attached hydrogen (secondary N) is 1. The lowest BCUT2D eigenvalue weighted by atomic mass is 9.94. The van der Waals surface area contributed by atoms with Crippen LogP contribution in [0.5, 0.6) is 0 Å². The second-order valence-electron chi connectivity index (χ2n) is 4.93. The third-order valence-electron chi connectivity index (χ3n) is 3.56. The monoisotopic (exact) mass is 276 g/mol. The predicted molar refractivity (Wildman–Crippen MR) is 74.8 cm³/mol. The van der Waals surface area contributed by atoms with Crippen LogP contribution >= 0.6 is 11.6 Å². The molecule has 1 saturated carbocycles. The van der Waals surface area contributed by atoms with E-state index in [-0.39, 0.29) is 11.9 Å². The smallest absolute Gasteiger partial charge is 0.242 e. The van der Waals surface area contributed by atoms with Gasteiger partial charge in [0.15, 0.2) is 5.92 Å². The molecule has 0 heterocycles. The topological polar surface area (TPSA) is 52.9 Å². The molecule has 1 N–H and O–H groups in total. The Hall–Kier alpha value is -1.53. The number of nitriles is 1. The number of carbonyl (C=O) groups excluding carboxylic acids is 1. The summed E-state index contributed by atoms with van der Waals surface area (Å²) in [5.41, 5.74) is 0.583. The van der Waals surface area contributed by atoms with Crippen molar-refractivity contribution >= 4 is 17.5 Å². The summed E-state index contributed by atoms with van der Waals surface area (Å²) >= 11 is 6.05. The van der Waals surface area contributed by atoms with Gasteiger partial charge in [0.1, 0.15) is 0 Å². The number of carbonyl (C=O) groups is 1. The Morgan fingerprint density at radius 1 is 1.32 bits per heavy atom. The highest BCUT2D eigenvalue weighted by Gasteiger charge is 2.25. The van der Waals surface area contributed by atoms with Crippen LogP contribution in [0, 0.1) is 11.3 Å². The molecule has 1 atom stereocenters. The van der Waals surface area contributed by atoms with E-state index in [2.05, 4.69) is 11.4 Å². The average molecular weight is 277 g/mol. The van der Waals surface area contributed by atoms with Crippen LogP contribution < -0.4 is 5.32 Å². The summed E-state index contributed by atoms with van der Waals surface area (Å²) in [5.74, 6) is -1.06. The Labute approximate surface area is 118 Å². The fourth-order valence-corrected chi connectivity index (χ4v) is 2.75. The molecule has 1 aromatic rings. The van der Waals surface area contributed by atoms with Gasteiger partial charge in [0.05, 0.1) is 6.07 Å². The zero-order valence-corrected chi connectivity index (χ0v) is 11.5. The lowest BCUT2D eigenvalue weighted by Crippen LogP contribution is -2.38. The molecule has 100 valence electrons. The Morgan fingerprint density at radius 3 is 2.63 bits per heavy atom. The number of halogens is 1. The van der Waals surface area contributed by atoms with E-state index < -0.39 is 5.92 Å². The molecule has 0 aliphatic heterocycles. The number of hydrogen-bond acceptors (Lipinski definition) is 2. The van der Waals surface area contributed by atoms with Crippen LogP contribution in [0.3, 0.4) is 0 Å². The second-order valence-corrected chi connectivity index (χ2v) is 5.33. The number of rotatable bonds is 3. The first-order valence-electron chi connectivity index (χ1n) is 6.67. The molecule has 4 heteroatoms. The van der Waals surface area contributed by atoms with Gasteiger partial charge in [-0.25, -0.2) is 0 Å². The van der Waals surface area contributed by atoms with Crippen LogP contribution in [0.1, 0.15) is 43.6 Å². The van der Waals surface area contributed by atoms with Crippen molar-refractivity contribution < 1.29 is 4.79 Å². The predicted octanol–water partition coefficient (Wildman–Crippen LogP) is 3.40. The Bertz CT molecular complexity index is 489. The van der Waals surface area contributed by atoms with Gasteiger partial charge < -0.3 is 5.32 Å². The molecule has 1 aromatic carbocycles. The summed E-state index contributed by atoms with van der Waals surface area (Å²) in [4.78, 5) is 12.2. The Kier molecular flexibility index (Phi) is 4.81. The summed E-state index contributed by atoms with van der Waals surface area (Å²) in [6.07, 6.45) is 5.54. The molecule has 19 heavy (non-hydrogen) atoms. The largest absolute Gasteiger partial charge is 0.352 e. The normalized spacial score (nSPS) is 17.5. The Morgan fingerprint density at radius 2 is 2.00 bits per heavy atom. The van der Waals surface area contributed by atoms with Crippen molar-refractivity contribution in [3.05, 3.63) is 34.9 Å². The SMILES string of the molecule is N#CC(C(=O)NC1CCCCC1)c1ccccc1Cl. The minimum absolute atomic E-state index is 0.208. The molecule has 0 radical (unpaired) electrons. The summed E-state index contributed by atoms with van der Waals surface area (Å²) in [5, 5.41) is 12.7. The molecular weight excluding hydrogens is 260 g/mol. The quantitative estimate of drug-likeness (QED) is 0.920. The van der Waals surface area contributed by atoms with Crippen molar-refractivity contribution in [2.75, 3.05) is 0 Å². The highest BCUT2D eigenvalue weighted by atomic mass is 35.5. The summed E-state index contributed by atoms with van der Waals surface area (Å²) in [6.45, 7) is 0. The van der Waals surface area contributed by atoms with Crippen molar-refractivity contribution in [1.29, 1.82) is 5.26 Å². The first kappa shape index (κ1) is 13.9. The number of hydrogen-bond donors (Lipinski definition) is 1. The minimum Gasteiger partial charge on any atom is -0.352 e. The van der Waals surface area contributed by atoms with E-state index in [1.165, 1.54) is 6.42 Å². The molecule has 1 aliphatic carbocycles. The van der Waals surface area contributed by atoms with E-state index in [4.69, 9.17) is 11.6 Å². The van der Waals surface area contributed by atoms with Crippen molar-refractivity contribution in [3.63, 3.8) is 0 Å². The Balaban J connectivity index is 2.07. The van der Waals surface area contributed by atoms with Gasteiger partial charge in [-0.2, -0.15) is 5.26 Å². The third-order valence-corrected chi connectivity index (χ3v) is 3.90. The summed E-state index contributed by atoms with van der Waals surface area (Å²) in [7, 11) is 0. The zero-order valence-electron chi connectivity index (χ0n) is 10.7. The van der Waals surface area contributed by atoms with Crippen LogP contribution in [0.15, 0.2) is 24.3 Å². The van der Waals surface area contributed by atoms with Crippen LogP contribution in [0.2, 0.25) is 5.02 Å². The fourth-order valence-electron chi connectivity index (χ4n) is 2.51. The minimum atomic E-state index is -0.823. The molecule has 0 bridgehead atoms. The van der Waals surface area contributed by atoms with E-state index in [9.17, 15) is 10.1 Å². The maximum absolute atomic E-state index is 12.2. The lowest BCUT2D eigenvalue weighted by molar-refractivity contribution is -0.122. The molecule has 1 fully saturated rings. The molecule has 3 nitrogen and oxygen atoms in total. The number of nitrogens with zero attached hydrogens (tertiary/aromatic N) is 1. The van der Waals surface area contributed by atoms with Gasteiger partial charge in [0.25, 0.3) is 0 Å². The summed E-state index contributed by atoms with van der Waals surface area (Å²) in [6, 6.07) is 9.28. The van der Waals surface area contributed by atoms with Crippen molar-refractivity contribution in [2.45, 2.75) is 44.1 Å². The molecule has 0 spiro atoms. The first-order valence-corrected chi connectivity index (χ1v) is 7.04. The van der Waals surface area contributed by atoms with Crippen LogP contribution in [-0.4, -0.2) is 11.9 Å². The highest BCUT2D eigenvalue weighted by molar-refractivity contribution is 6.31. The van der Waals surface area contributed by atoms with Crippen LogP contribution in [-0.2, 0) is 4.79 Å². The van der Waals surface area contributed by atoms with Crippen molar-refractivity contribution in [3.8, 4) is 6.07 Å². The van der Waals surface area contributed by atoms with Crippen molar-refractivity contribution in [1.82, 2.24) is 5.32 Å². The number of benzene rings is 1. The summed E-state index contributed by atoms with van der Waals surface area (Å²) < 4.78 is 0. The van der Waals surface area contributed by atoms with Crippen LogP contribution in [0.25, 0.3) is 0 Å². The third kappa shape index (κ3) is 3.48. The van der Waals surface area contributed by atoms with E-state index in [0.29, 0.717) is 10.6 Å². The van der Waals surface area contributed by atoms with Gasteiger partial charge in [-0.1, -0.05) is 49.1 Å². The molecule has 1 amide bonds. The molecule has 1 aliphatic rings. The highest BCUT2D eigenvalue weighted by Crippen LogP contribution is 2.25. The van der Waals surface area contributed by atoms with Gasteiger partial charge in [0, 0.05) is 11.1 Å². The molecule has 2 rings (SSSR count). The van der Waals surface area contributed by atoms with Gasteiger partial charge in [0.2, 0.25) is 5.91 Å². The van der Waals surface area contributed by atoms with E-state index >= 15 is 0 Å². The van der Waals surface area contributed by atoms with Crippen LogP contribution in [0.4, 0.5) is 0 Å². The van der Waals surface area contributed by atoms with E-state index in [1.807, 2.05) is 0 Å². The molecule has 0 aromatic heterocycles. The second kappa shape index (κ2) is 6.58. The first-order chi connectivity index (χ1) is 9.22. The van der Waals surface area contributed by atoms with Gasteiger partial charge >= 0.3 is 0 Å². The van der Waals surface area contributed by atoms with Gasteiger partial charge in [-0.3, -0.25) is 4.79 Å². The number of amides is 1. The standard InChI is InChI=1S/C15H17ClN2O/c16-14-9-5-4-8-12(14)13(10-17)15(19)18-11-6-2-1-3-7-11/h4-5,8-9,11,13H,1-3,6-7H2,(H,18,19). The average Bonchev–Trinajstić information content (AvgIpc) is 2.43. The molecule has 1 unspecified atom stereocenters. The van der Waals surface area contributed by atoms with E-state index in [1.54, 1.807) is 24.3 Å². The molecular formula is C15H17ClN2O. The lowest BCUT2D eigenvalue weighted by Gasteiger charge is -2.24. The van der Waals surface area contributed by atoms with Gasteiger partial charge in [-0.15, -0.1) is 0 Å². The van der Waals surface area contributed by atoms with Crippen molar-refractivity contribution in [2.24, 2.45) is 0 Å². The zero-order chi connectivity index (χ0) is 13.7. The van der Waals surface area contributed by atoms with E-state index in [0.717, 1.165) is 25.7 Å². The maximum atomic E-state index is 12.2. The maximum Gasteiger partial charge on any atom is 0.242 e. The van der Waals surface area contributed by atoms with Gasteiger partial charge in [-0.05, 0) is 24.5 Å².